The van der Waals surface area contributed by atoms with E-state index in [9.17, 15) is 5.26 Å². The van der Waals surface area contributed by atoms with Gasteiger partial charge in [0.1, 0.15) is 5.54 Å². The molecule has 1 rings (SSSR count). The summed E-state index contributed by atoms with van der Waals surface area (Å²) < 4.78 is 0. The van der Waals surface area contributed by atoms with Gasteiger partial charge in [0.25, 0.3) is 0 Å². The van der Waals surface area contributed by atoms with Crippen LogP contribution in [-0.2, 0) is 0 Å². The summed E-state index contributed by atoms with van der Waals surface area (Å²) in [5, 5.41) is 16.0. The van der Waals surface area contributed by atoms with E-state index in [1.165, 1.54) is 0 Å². The molecule has 0 radical (unpaired) electrons. The van der Waals surface area contributed by atoms with Crippen LogP contribution in [0.3, 0.4) is 0 Å². The molecule has 5 heteroatoms. The third-order valence-electron chi connectivity index (χ3n) is 3.19. The maximum absolute atomic E-state index is 9.20. The molecule has 2 atom stereocenters. The Morgan fingerprint density at radius 1 is 1.73 bits per heavy atom. The summed E-state index contributed by atoms with van der Waals surface area (Å²) in [6.07, 6.45) is 3.97. The van der Waals surface area contributed by atoms with Gasteiger partial charge >= 0.3 is 0 Å². The lowest BCUT2D eigenvalue weighted by Gasteiger charge is -2.27. The fourth-order valence-corrected chi connectivity index (χ4v) is 2.15. The second kappa shape index (κ2) is 5.59. The predicted octanol–water partition coefficient (Wildman–Crippen LogP) is 2.36. The van der Waals surface area contributed by atoms with Crippen LogP contribution in [0, 0.1) is 17.2 Å². The van der Waals surface area contributed by atoms with E-state index in [1.54, 1.807) is 0 Å². The molecule has 0 spiro atoms. The van der Waals surface area contributed by atoms with Crippen molar-refractivity contribution in [1.29, 1.82) is 5.26 Å². The van der Waals surface area contributed by atoms with E-state index in [4.69, 9.17) is 5.53 Å². The van der Waals surface area contributed by atoms with E-state index in [1.807, 2.05) is 0 Å². The van der Waals surface area contributed by atoms with Crippen molar-refractivity contribution >= 4 is 0 Å². The normalized spacial score (nSPS) is 29.5. The first-order valence-electron chi connectivity index (χ1n) is 5.42. The SMILES string of the molecule is CC1CCCC1(C#N)NCCCN=[N+]=[N-]. The standard InChI is InChI=1S/C10H17N5/c1-9-4-2-5-10(9,8-11)13-6-3-7-14-15-12/h9,13H,2-7H2,1H3. The van der Waals surface area contributed by atoms with Crippen LogP contribution < -0.4 is 5.32 Å². The van der Waals surface area contributed by atoms with Crippen molar-refractivity contribution in [2.45, 2.75) is 38.1 Å². The van der Waals surface area contributed by atoms with Gasteiger partial charge < -0.3 is 0 Å². The van der Waals surface area contributed by atoms with Crippen molar-refractivity contribution in [2.24, 2.45) is 11.0 Å². The molecule has 0 aromatic carbocycles. The maximum Gasteiger partial charge on any atom is 0.109 e. The molecular formula is C10H17N5. The predicted molar refractivity (Wildman–Crippen MR) is 58.0 cm³/mol. The van der Waals surface area contributed by atoms with Crippen molar-refractivity contribution in [2.75, 3.05) is 13.1 Å². The van der Waals surface area contributed by atoms with Crippen molar-refractivity contribution in [3.05, 3.63) is 10.4 Å². The Morgan fingerprint density at radius 2 is 2.53 bits per heavy atom. The average molecular weight is 207 g/mol. The lowest BCUT2D eigenvalue weighted by atomic mass is 9.90. The number of hydrogen-bond donors (Lipinski definition) is 1. The molecule has 0 amide bonds. The maximum atomic E-state index is 9.20. The average Bonchev–Trinajstić information content (AvgIpc) is 2.61. The molecule has 82 valence electrons. The first-order chi connectivity index (χ1) is 7.25. The molecule has 1 N–H and O–H groups in total. The zero-order valence-electron chi connectivity index (χ0n) is 9.11. The van der Waals surface area contributed by atoms with Crippen molar-refractivity contribution in [3.8, 4) is 6.07 Å². The zero-order valence-corrected chi connectivity index (χ0v) is 9.11. The molecule has 1 aliphatic carbocycles. The minimum Gasteiger partial charge on any atom is -0.299 e. The van der Waals surface area contributed by atoms with Crippen molar-refractivity contribution in [1.82, 2.24) is 5.32 Å². The van der Waals surface area contributed by atoms with Crippen LogP contribution in [0.2, 0.25) is 0 Å². The number of nitrogens with zero attached hydrogens (tertiary/aromatic N) is 4. The van der Waals surface area contributed by atoms with Gasteiger partial charge in [-0.05, 0) is 37.3 Å². The van der Waals surface area contributed by atoms with Crippen molar-refractivity contribution < 1.29 is 0 Å². The first kappa shape index (κ1) is 11.8. The second-order valence-corrected chi connectivity index (χ2v) is 4.11. The van der Waals surface area contributed by atoms with E-state index in [2.05, 4.69) is 28.3 Å². The number of nitrogens with one attached hydrogen (secondary N) is 1. The molecule has 0 saturated heterocycles. The highest BCUT2D eigenvalue weighted by Crippen LogP contribution is 2.34. The minimum absolute atomic E-state index is 0.337. The molecule has 1 aliphatic rings. The summed E-state index contributed by atoms with van der Waals surface area (Å²) in [6.45, 7) is 3.37. The topological polar surface area (TPSA) is 84.6 Å². The quantitative estimate of drug-likeness (QED) is 0.325. The number of hydrogen-bond acceptors (Lipinski definition) is 3. The van der Waals surface area contributed by atoms with Crippen LogP contribution in [0.4, 0.5) is 0 Å². The van der Waals surface area contributed by atoms with Gasteiger partial charge in [0.15, 0.2) is 0 Å². The van der Waals surface area contributed by atoms with Gasteiger partial charge in [-0.2, -0.15) is 5.26 Å². The van der Waals surface area contributed by atoms with Gasteiger partial charge in [0, 0.05) is 11.5 Å². The Kier molecular flexibility index (Phi) is 4.41. The smallest absolute Gasteiger partial charge is 0.109 e. The monoisotopic (exact) mass is 207 g/mol. The van der Waals surface area contributed by atoms with Gasteiger partial charge in [-0.15, -0.1) is 0 Å². The highest BCUT2D eigenvalue weighted by Gasteiger charge is 2.39. The number of azide groups is 1. The molecule has 0 heterocycles. The van der Waals surface area contributed by atoms with Crippen LogP contribution in [0.25, 0.3) is 10.4 Å². The molecule has 15 heavy (non-hydrogen) atoms. The van der Waals surface area contributed by atoms with Crippen LogP contribution in [0.5, 0.6) is 0 Å². The van der Waals surface area contributed by atoms with Gasteiger partial charge in [-0.3, -0.25) is 5.32 Å². The van der Waals surface area contributed by atoms with Crippen molar-refractivity contribution in [3.63, 3.8) is 0 Å². The Balaban J connectivity index is 2.35. The molecule has 1 fully saturated rings. The van der Waals surface area contributed by atoms with E-state index in [0.717, 1.165) is 32.2 Å². The Labute approximate surface area is 90.1 Å². The molecule has 2 unspecified atom stereocenters. The van der Waals surface area contributed by atoms with Gasteiger partial charge in [-0.1, -0.05) is 18.5 Å². The fraction of sp³-hybridized carbons (Fsp3) is 0.900. The molecule has 0 aliphatic heterocycles. The number of rotatable bonds is 5. The summed E-state index contributed by atoms with van der Waals surface area (Å²) >= 11 is 0. The lowest BCUT2D eigenvalue weighted by molar-refractivity contribution is 0.336. The highest BCUT2D eigenvalue weighted by molar-refractivity contribution is 5.12. The Hall–Kier alpha value is -1.24. The summed E-state index contributed by atoms with van der Waals surface area (Å²) in [7, 11) is 0. The van der Waals surface area contributed by atoms with E-state index >= 15 is 0 Å². The lowest BCUT2D eigenvalue weighted by Crippen LogP contribution is -2.46. The molecule has 1 saturated carbocycles. The number of nitriles is 1. The van der Waals surface area contributed by atoms with Crippen LogP contribution >= 0.6 is 0 Å². The highest BCUT2D eigenvalue weighted by atomic mass is 15.1. The third kappa shape index (κ3) is 2.85. The molecule has 0 aromatic rings. The van der Waals surface area contributed by atoms with Gasteiger partial charge in [-0.25, -0.2) is 0 Å². The minimum atomic E-state index is -0.337. The third-order valence-corrected chi connectivity index (χ3v) is 3.19. The zero-order chi connectivity index (χ0) is 11.1. The molecule has 0 bridgehead atoms. The molecule has 0 aromatic heterocycles. The van der Waals surface area contributed by atoms with E-state index < -0.39 is 0 Å². The fourth-order valence-electron chi connectivity index (χ4n) is 2.15. The van der Waals surface area contributed by atoms with E-state index in [-0.39, 0.29) is 5.54 Å². The molecule has 5 nitrogen and oxygen atoms in total. The summed E-state index contributed by atoms with van der Waals surface area (Å²) in [5.74, 6) is 0.418. The first-order valence-corrected chi connectivity index (χ1v) is 5.42. The van der Waals surface area contributed by atoms with Crippen LogP contribution in [0.1, 0.15) is 32.6 Å². The Morgan fingerprint density at radius 3 is 3.07 bits per heavy atom. The Bertz CT molecular complexity index is 289. The summed E-state index contributed by atoms with van der Waals surface area (Å²) in [5.41, 5.74) is 7.76. The largest absolute Gasteiger partial charge is 0.299 e. The summed E-state index contributed by atoms with van der Waals surface area (Å²) in [4.78, 5) is 2.69. The van der Waals surface area contributed by atoms with E-state index in [0.29, 0.717) is 12.5 Å². The van der Waals surface area contributed by atoms with Gasteiger partial charge in [0.05, 0.1) is 6.07 Å². The molecular weight excluding hydrogens is 190 g/mol. The van der Waals surface area contributed by atoms with Crippen LogP contribution in [-0.4, -0.2) is 18.6 Å². The van der Waals surface area contributed by atoms with Crippen LogP contribution in [0.15, 0.2) is 5.11 Å². The second-order valence-electron chi connectivity index (χ2n) is 4.11. The summed E-state index contributed by atoms with van der Waals surface area (Å²) in [6, 6.07) is 2.40. The van der Waals surface area contributed by atoms with Gasteiger partial charge in [0.2, 0.25) is 0 Å².